The molecule has 7 nitrogen and oxygen atoms in total. The van der Waals surface area contributed by atoms with Gasteiger partial charge in [-0.2, -0.15) is 13.2 Å². The van der Waals surface area contributed by atoms with Crippen LogP contribution in [-0.2, 0) is 42.9 Å². The Balaban J connectivity index is 1.20. The molecule has 0 bridgehead atoms. The van der Waals surface area contributed by atoms with Crippen LogP contribution in [0.25, 0.3) is 0 Å². The van der Waals surface area contributed by atoms with Crippen molar-refractivity contribution in [3.8, 4) is 0 Å². The van der Waals surface area contributed by atoms with Crippen molar-refractivity contribution in [2.75, 3.05) is 31.2 Å². The number of carbonyl (C=O) groups excluding carboxylic acids is 1. The second-order valence-corrected chi connectivity index (χ2v) is 12.2. The smallest absolute Gasteiger partial charge is 0.380 e. The van der Waals surface area contributed by atoms with Gasteiger partial charge in [0.1, 0.15) is 12.2 Å². The predicted molar refractivity (Wildman–Crippen MR) is 142 cm³/mol. The zero-order chi connectivity index (χ0) is 27.7. The summed E-state index contributed by atoms with van der Waals surface area (Å²) in [5, 5.41) is 8.26. The van der Waals surface area contributed by atoms with E-state index in [9.17, 15) is 18.0 Å². The average Bonchev–Trinajstić information content (AvgIpc) is 3.30. The van der Waals surface area contributed by atoms with E-state index in [0.717, 1.165) is 37.3 Å². The molecule has 3 aliphatic heterocycles. The van der Waals surface area contributed by atoms with Crippen LogP contribution in [0.5, 0.6) is 0 Å². The van der Waals surface area contributed by atoms with Gasteiger partial charge in [-0.15, -0.1) is 10.2 Å². The number of benzene rings is 2. The van der Waals surface area contributed by atoms with E-state index < -0.39 is 11.7 Å². The highest BCUT2D eigenvalue weighted by atomic mass is 19.4. The van der Waals surface area contributed by atoms with E-state index in [-0.39, 0.29) is 29.0 Å². The Morgan fingerprint density at radius 2 is 1.95 bits per heavy atom. The van der Waals surface area contributed by atoms with E-state index in [0.29, 0.717) is 42.8 Å². The number of ether oxygens (including phenoxy) is 1. The molecule has 210 valence electrons. The van der Waals surface area contributed by atoms with Gasteiger partial charge in [0.15, 0.2) is 0 Å². The number of hydrogen-bond donors (Lipinski definition) is 0. The number of aromatic nitrogens is 3. The third-order valence-electron chi connectivity index (χ3n) is 9.46. The van der Waals surface area contributed by atoms with Gasteiger partial charge < -0.3 is 14.2 Å². The molecule has 3 aromatic rings. The molecular formula is C30H32F3N5O2. The molecule has 10 heteroatoms. The first-order chi connectivity index (χ1) is 19.1. The Labute approximate surface area is 230 Å². The summed E-state index contributed by atoms with van der Waals surface area (Å²) >= 11 is 0. The molecule has 2 saturated heterocycles. The summed E-state index contributed by atoms with van der Waals surface area (Å²) in [6, 6.07) is 10.6. The molecule has 7 rings (SSSR count). The van der Waals surface area contributed by atoms with Crippen LogP contribution in [0.2, 0.25) is 0 Å². The molecule has 40 heavy (non-hydrogen) atoms. The number of anilines is 1. The summed E-state index contributed by atoms with van der Waals surface area (Å²) in [5.74, 6) is 0.443. The minimum Gasteiger partial charge on any atom is -0.380 e. The van der Waals surface area contributed by atoms with Crippen molar-refractivity contribution in [2.45, 2.75) is 56.8 Å². The Bertz CT molecular complexity index is 1470. The average molecular weight is 552 g/mol. The van der Waals surface area contributed by atoms with Crippen LogP contribution >= 0.6 is 0 Å². The van der Waals surface area contributed by atoms with Gasteiger partial charge in [-0.25, -0.2) is 0 Å². The maximum atomic E-state index is 14.3. The molecule has 0 radical (unpaired) electrons. The van der Waals surface area contributed by atoms with Gasteiger partial charge >= 0.3 is 6.18 Å². The Hall–Kier alpha value is -3.24. The van der Waals surface area contributed by atoms with Crippen molar-refractivity contribution in [3.05, 3.63) is 76.4 Å². The minimum atomic E-state index is -4.54. The highest BCUT2D eigenvalue weighted by Crippen LogP contribution is 2.53. The minimum absolute atomic E-state index is 0.0599. The third-order valence-corrected chi connectivity index (χ3v) is 9.46. The highest BCUT2D eigenvalue weighted by molar-refractivity contribution is 6.10. The quantitative estimate of drug-likeness (QED) is 0.437. The lowest BCUT2D eigenvalue weighted by atomic mass is 9.76. The number of alkyl halides is 3. The van der Waals surface area contributed by atoms with Crippen LogP contribution in [0.15, 0.2) is 42.7 Å². The number of likely N-dealkylation sites (tertiary alicyclic amines) is 1. The number of nitrogens with zero attached hydrogens (tertiary/aromatic N) is 5. The first-order valence-electron chi connectivity index (χ1n) is 13.9. The molecule has 2 aromatic carbocycles. The van der Waals surface area contributed by atoms with Gasteiger partial charge in [0.05, 0.1) is 18.7 Å². The number of hydrogen-bond acceptors (Lipinski definition) is 5. The molecule has 1 aromatic heterocycles. The maximum Gasteiger partial charge on any atom is 0.416 e. The second kappa shape index (κ2) is 9.14. The van der Waals surface area contributed by atoms with Gasteiger partial charge in [-0.3, -0.25) is 9.69 Å². The first kappa shape index (κ1) is 25.7. The molecule has 1 saturated carbocycles. The molecule has 4 aliphatic rings. The van der Waals surface area contributed by atoms with E-state index in [4.69, 9.17) is 4.74 Å². The first-order valence-corrected chi connectivity index (χ1v) is 13.9. The van der Waals surface area contributed by atoms with Crippen LogP contribution in [-0.4, -0.2) is 51.9 Å². The topological polar surface area (TPSA) is 63.5 Å². The molecule has 1 amide bonds. The molecular weight excluding hydrogens is 519 g/mol. The van der Waals surface area contributed by atoms with Gasteiger partial charge in [0, 0.05) is 49.8 Å². The van der Waals surface area contributed by atoms with Gasteiger partial charge in [0.25, 0.3) is 5.91 Å². The fraction of sp³-hybridized carbons (Fsp3) is 0.500. The Morgan fingerprint density at radius 1 is 1.10 bits per heavy atom. The van der Waals surface area contributed by atoms with E-state index in [1.807, 2.05) is 29.8 Å². The summed E-state index contributed by atoms with van der Waals surface area (Å²) in [7, 11) is 1.90. The summed E-state index contributed by atoms with van der Waals surface area (Å²) < 4.78 is 50.6. The summed E-state index contributed by atoms with van der Waals surface area (Å²) in [5.41, 5.74) is 1.68. The predicted octanol–water partition coefficient (Wildman–Crippen LogP) is 4.88. The third kappa shape index (κ3) is 4.41. The van der Waals surface area contributed by atoms with Crippen LogP contribution in [0.1, 0.15) is 64.1 Å². The van der Waals surface area contributed by atoms with Gasteiger partial charge in [-0.1, -0.05) is 12.1 Å². The van der Waals surface area contributed by atoms with Crippen LogP contribution in [0.3, 0.4) is 0 Å². The zero-order valence-corrected chi connectivity index (χ0v) is 22.5. The molecule has 1 aliphatic carbocycles. The van der Waals surface area contributed by atoms with Crippen molar-refractivity contribution in [2.24, 2.45) is 12.5 Å². The fourth-order valence-electron chi connectivity index (χ4n) is 6.88. The summed E-state index contributed by atoms with van der Waals surface area (Å²) in [4.78, 5) is 17.4. The standard InChI is InChI=1S/C30H32F3N5O2/c1-36-19-34-35-26(36)14-29(8-10-40-18-29)21-3-2-4-22(13-21)38-16-24-23(27(38)39)11-20(12-25(24)30(31,32)33)15-37-9-7-28(17-37)5-6-28/h2-4,11-13,19H,5-10,14-18H2,1H3/t29-/m1/s1. The number of carbonyl (C=O) groups is 1. The molecule has 1 atom stereocenters. The fourth-order valence-corrected chi connectivity index (χ4v) is 6.88. The monoisotopic (exact) mass is 551 g/mol. The second-order valence-electron chi connectivity index (χ2n) is 12.2. The summed E-state index contributed by atoms with van der Waals surface area (Å²) in [6.45, 7) is 3.25. The van der Waals surface area contributed by atoms with E-state index in [2.05, 4.69) is 15.1 Å². The molecule has 3 fully saturated rings. The zero-order valence-electron chi connectivity index (χ0n) is 22.5. The number of fused-ring (bicyclic) bond motifs is 1. The normalized spacial score (nSPS) is 23.9. The van der Waals surface area contributed by atoms with Crippen molar-refractivity contribution < 1.29 is 22.7 Å². The van der Waals surface area contributed by atoms with Crippen molar-refractivity contribution in [1.29, 1.82) is 0 Å². The number of halogens is 3. The van der Waals surface area contributed by atoms with Gasteiger partial charge in [0.2, 0.25) is 0 Å². The number of aryl methyl sites for hydroxylation is 1. The highest BCUT2D eigenvalue weighted by Gasteiger charge is 2.48. The van der Waals surface area contributed by atoms with Crippen molar-refractivity contribution in [1.82, 2.24) is 19.7 Å². The molecule has 4 heterocycles. The Kier molecular flexibility index (Phi) is 5.87. The van der Waals surface area contributed by atoms with E-state index >= 15 is 0 Å². The van der Waals surface area contributed by atoms with Crippen LogP contribution in [0.4, 0.5) is 18.9 Å². The maximum absolute atomic E-state index is 14.3. The van der Waals surface area contributed by atoms with E-state index in [1.54, 1.807) is 18.5 Å². The van der Waals surface area contributed by atoms with Crippen molar-refractivity contribution in [3.63, 3.8) is 0 Å². The van der Waals surface area contributed by atoms with Crippen LogP contribution in [0, 0.1) is 5.41 Å². The van der Waals surface area contributed by atoms with Crippen molar-refractivity contribution >= 4 is 11.6 Å². The van der Waals surface area contributed by atoms with Crippen LogP contribution < -0.4 is 4.90 Å². The number of amides is 1. The lowest BCUT2D eigenvalue weighted by Crippen LogP contribution is -2.31. The van der Waals surface area contributed by atoms with E-state index in [1.165, 1.54) is 23.8 Å². The molecule has 1 spiro atoms. The lowest BCUT2D eigenvalue weighted by molar-refractivity contribution is -0.138. The summed E-state index contributed by atoms with van der Waals surface area (Å²) in [6.07, 6.45) is 2.03. The Morgan fingerprint density at radius 3 is 2.62 bits per heavy atom. The molecule has 0 unspecified atom stereocenters. The largest absolute Gasteiger partial charge is 0.416 e. The molecule has 0 N–H and O–H groups in total. The van der Waals surface area contributed by atoms with Gasteiger partial charge in [-0.05, 0) is 78.6 Å². The SMILES string of the molecule is Cn1cnnc1C[C@]1(c2cccc(N3Cc4c(cc(CN5CCC6(CC6)C5)cc4C(F)(F)F)C3=O)c2)CCOC1. The number of rotatable bonds is 6. The lowest BCUT2D eigenvalue weighted by Gasteiger charge is -2.29.